The maximum absolute atomic E-state index is 6.16. The molecule has 0 aromatic carbocycles. The zero-order valence-corrected chi connectivity index (χ0v) is 13.2. The second-order valence-corrected chi connectivity index (χ2v) is 9.98. The third-order valence-corrected chi connectivity index (χ3v) is 6.04. The average molecular weight is 246 g/mol. The second kappa shape index (κ2) is 6.77. The fourth-order valence-corrected chi connectivity index (χ4v) is 4.10. The Hall–Kier alpha value is 0.137. The molecule has 0 heterocycles. The number of hydrogen-bond donors (Lipinski definition) is 0. The van der Waals surface area contributed by atoms with Crippen molar-refractivity contribution in [3.05, 3.63) is 0 Å². The molecule has 0 aliphatic carbocycles. The lowest BCUT2D eigenvalue weighted by Gasteiger charge is -2.32. The smallest absolute Gasteiger partial charge is 0.337 e. The maximum Gasteiger partial charge on any atom is 0.337 e. The average Bonchev–Trinajstić information content (AvgIpc) is 2.18. The molecule has 0 saturated heterocycles. The standard InChI is InChI=1S/C13H30O2Si/c1-8-16(9-2,14-10-12(3)4)15-11-13(5,6)7/h12H,8-11H2,1-7H3. The fourth-order valence-electron chi connectivity index (χ4n) is 1.37. The molecule has 0 amide bonds. The third-order valence-electron chi connectivity index (χ3n) is 2.53. The Kier molecular flexibility index (Phi) is 6.83. The topological polar surface area (TPSA) is 18.5 Å². The molecule has 0 aliphatic rings. The Labute approximate surface area is 103 Å². The van der Waals surface area contributed by atoms with Crippen LogP contribution >= 0.6 is 0 Å². The van der Waals surface area contributed by atoms with Crippen LogP contribution in [-0.4, -0.2) is 21.8 Å². The van der Waals surface area contributed by atoms with Crippen molar-refractivity contribution in [2.45, 2.75) is 60.6 Å². The molecule has 0 unspecified atom stereocenters. The van der Waals surface area contributed by atoms with Gasteiger partial charge in [-0.2, -0.15) is 0 Å². The summed E-state index contributed by atoms with van der Waals surface area (Å²) in [7, 11) is -1.92. The summed E-state index contributed by atoms with van der Waals surface area (Å²) in [6.07, 6.45) is 0. The molecule has 0 aromatic rings. The molecule has 2 nitrogen and oxygen atoms in total. The molecule has 0 rings (SSSR count). The minimum atomic E-state index is -1.92. The lowest BCUT2D eigenvalue weighted by atomic mass is 9.99. The van der Waals surface area contributed by atoms with Gasteiger partial charge in [0.25, 0.3) is 0 Å². The Bertz CT molecular complexity index is 181. The van der Waals surface area contributed by atoms with Gasteiger partial charge in [0.2, 0.25) is 0 Å². The van der Waals surface area contributed by atoms with Crippen LogP contribution in [0, 0.1) is 11.3 Å². The zero-order valence-electron chi connectivity index (χ0n) is 12.2. The normalized spacial score (nSPS) is 13.5. The van der Waals surface area contributed by atoms with Crippen LogP contribution in [0.4, 0.5) is 0 Å². The summed E-state index contributed by atoms with van der Waals surface area (Å²) in [5.74, 6) is 0.586. The highest BCUT2D eigenvalue weighted by Crippen LogP contribution is 2.23. The highest BCUT2D eigenvalue weighted by atomic mass is 28.4. The van der Waals surface area contributed by atoms with E-state index in [1.54, 1.807) is 0 Å². The van der Waals surface area contributed by atoms with Gasteiger partial charge in [0.15, 0.2) is 0 Å². The van der Waals surface area contributed by atoms with Crippen molar-refractivity contribution in [3.8, 4) is 0 Å². The van der Waals surface area contributed by atoms with Crippen LogP contribution in [0.5, 0.6) is 0 Å². The maximum atomic E-state index is 6.16. The molecule has 0 bridgehead atoms. The molecule has 0 radical (unpaired) electrons. The highest BCUT2D eigenvalue weighted by Gasteiger charge is 2.35. The van der Waals surface area contributed by atoms with Gasteiger partial charge >= 0.3 is 8.56 Å². The van der Waals surface area contributed by atoms with Crippen molar-refractivity contribution in [1.82, 2.24) is 0 Å². The van der Waals surface area contributed by atoms with E-state index in [1.165, 1.54) is 0 Å². The Morgan fingerprint density at radius 3 is 1.81 bits per heavy atom. The number of rotatable bonds is 7. The number of hydrogen-bond acceptors (Lipinski definition) is 2. The van der Waals surface area contributed by atoms with E-state index >= 15 is 0 Å². The van der Waals surface area contributed by atoms with E-state index in [0.29, 0.717) is 5.92 Å². The Balaban J connectivity index is 4.32. The van der Waals surface area contributed by atoms with Gasteiger partial charge in [0.05, 0.1) is 0 Å². The van der Waals surface area contributed by atoms with Gasteiger partial charge in [-0.25, -0.2) is 0 Å². The zero-order chi connectivity index (χ0) is 12.8. The summed E-state index contributed by atoms with van der Waals surface area (Å²) < 4.78 is 12.3. The Morgan fingerprint density at radius 1 is 1.00 bits per heavy atom. The van der Waals surface area contributed by atoms with Crippen LogP contribution in [-0.2, 0) is 8.85 Å². The van der Waals surface area contributed by atoms with Gasteiger partial charge in [-0.15, -0.1) is 0 Å². The van der Waals surface area contributed by atoms with Crippen LogP contribution in [0.2, 0.25) is 12.1 Å². The van der Waals surface area contributed by atoms with Gasteiger partial charge < -0.3 is 8.85 Å². The molecule has 0 saturated carbocycles. The van der Waals surface area contributed by atoms with Gasteiger partial charge in [-0.3, -0.25) is 0 Å². The van der Waals surface area contributed by atoms with Gasteiger partial charge in [-0.05, 0) is 23.4 Å². The minimum Gasteiger partial charge on any atom is -0.394 e. The highest BCUT2D eigenvalue weighted by molar-refractivity contribution is 6.67. The molecule has 98 valence electrons. The van der Waals surface area contributed by atoms with E-state index in [1.807, 2.05) is 0 Å². The van der Waals surface area contributed by atoms with Gasteiger partial charge in [0.1, 0.15) is 0 Å². The van der Waals surface area contributed by atoms with Crippen LogP contribution < -0.4 is 0 Å². The molecule has 3 heteroatoms. The van der Waals surface area contributed by atoms with E-state index in [2.05, 4.69) is 48.5 Å². The van der Waals surface area contributed by atoms with Crippen molar-refractivity contribution in [1.29, 1.82) is 0 Å². The SMILES string of the molecule is CC[Si](CC)(OCC(C)C)OCC(C)(C)C. The first-order chi connectivity index (χ1) is 7.24. The minimum absolute atomic E-state index is 0.226. The fraction of sp³-hybridized carbons (Fsp3) is 1.00. The molecular weight excluding hydrogens is 216 g/mol. The first kappa shape index (κ1) is 16.1. The van der Waals surface area contributed by atoms with E-state index in [4.69, 9.17) is 8.85 Å². The van der Waals surface area contributed by atoms with E-state index in [9.17, 15) is 0 Å². The molecular formula is C13H30O2Si. The van der Waals surface area contributed by atoms with Crippen molar-refractivity contribution < 1.29 is 8.85 Å². The summed E-state index contributed by atoms with van der Waals surface area (Å²) >= 11 is 0. The lowest BCUT2D eigenvalue weighted by Crippen LogP contribution is -2.43. The van der Waals surface area contributed by atoms with Crippen molar-refractivity contribution in [2.75, 3.05) is 13.2 Å². The van der Waals surface area contributed by atoms with Crippen LogP contribution in [0.15, 0.2) is 0 Å². The van der Waals surface area contributed by atoms with Crippen molar-refractivity contribution >= 4 is 8.56 Å². The first-order valence-electron chi connectivity index (χ1n) is 6.52. The van der Waals surface area contributed by atoms with Crippen molar-refractivity contribution in [2.24, 2.45) is 11.3 Å². The van der Waals surface area contributed by atoms with E-state index in [-0.39, 0.29) is 5.41 Å². The Morgan fingerprint density at radius 2 is 1.50 bits per heavy atom. The van der Waals surface area contributed by atoms with E-state index in [0.717, 1.165) is 25.3 Å². The molecule has 0 aromatic heterocycles. The van der Waals surface area contributed by atoms with Crippen LogP contribution in [0.25, 0.3) is 0 Å². The quantitative estimate of drug-likeness (QED) is 0.627. The predicted molar refractivity (Wildman–Crippen MR) is 72.9 cm³/mol. The molecule has 0 fully saturated rings. The first-order valence-corrected chi connectivity index (χ1v) is 8.75. The molecule has 0 atom stereocenters. The third kappa shape index (κ3) is 6.66. The molecule has 16 heavy (non-hydrogen) atoms. The second-order valence-electron chi connectivity index (χ2n) is 6.17. The van der Waals surface area contributed by atoms with Gasteiger partial charge in [-0.1, -0.05) is 48.5 Å². The largest absolute Gasteiger partial charge is 0.394 e. The van der Waals surface area contributed by atoms with Crippen LogP contribution in [0.3, 0.4) is 0 Å². The molecule has 0 aliphatic heterocycles. The summed E-state index contributed by atoms with van der Waals surface area (Å²) in [6.45, 7) is 17.0. The summed E-state index contributed by atoms with van der Waals surface area (Å²) in [5.41, 5.74) is 0.226. The predicted octanol–water partition coefficient (Wildman–Crippen LogP) is 4.20. The summed E-state index contributed by atoms with van der Waals surface area (Å²) in [5, 5.41) is 0. The van der Waals surface area contributed by atoms with E-state index < -0.39 is 8.56 Å². The van der Waals surface area contributed by atoms with Crippen LogP contribution in [0.1, 0.15) is 48.5 Å². The molecule has 0 spiro atoms. The lowest BCUT2D eigenvalue weighted by molar-refractivity contribution is 0.112. The van der Waals surface area contributed by atoms with Gasteiger partial charge in [0, 0.05) is 13.2 Å². The summed E-state index contributed by atoms with van der Waals surface area (Å²) in [6, 6.07) is 2.10. The monoisotopic (exact) mass is 246 g/mol. The molecule has 0 N–H and O–H groups in total. The van der Waals surface area contributed by atoms with Crippen molar-refractivity contribution in [3.63, 3.8) is 0 Å². The summed E-state index contributed by atoms with van der Waals surface area (Å²) in [4.78, 5) is 0.